The number of ketones is 1. The van der Waals surface area contributed by atoms with E-state index in [0.717, 1.165) is 5.57 Å². The molecule has 0 amide bonds. The third-order valence-corrected chi connectivity index (χ3v) is 1.87. The van der Waals surface area contributed by atoms with Crippen LogP contribution >= 0.6 is 0 Å². The zero-order chi connectivity index (χ0) is 9.23. The molecular formula is C10H18O. The molecule has 0 aliphatic carbocycles. The normalized spacial score (nSPS) is 14.3. The van der Waals surface area contributed by atoms with E-state index in [4.69, 9.17) is 0 Å². The summed E-state index contributed by atoms with van der Waals surface area (Å²) in [7, 11) is 0. The second kappa shape index (κ2) is 3.21. The van der Waals surface area contributed by atoms with Crippen molar-refractivity contribution in [2.45, 2.75) is 34.6 Å². The van der Waals surface area contributed by atoms with Crippen LogP contribution in [0, 0.1) is 11.3 Å². The van der Waals surface area contributed by atoms with Crippen LogP contribution in [0.1, 0.15) is 34.6 Å². The topological polar surface area (TPSA) is 17.1 Å². The van der Waals surface area contributed by atoms with Crippen LogP contribution in [0.2, 0.25) is 0 Å². The predicted molar refractivity (Wildman–Crippen MR) is 48.4 cm³/mol. The van der Waals surface area contributed by atoms with E-state index >= 15 is 0 Å². The van der Waals surface area contributed by atoms with Crippen LogP contribution in [0.4, 0.5) is 0 Å². The highest BCUT2D eigenvalue weighted by molar-refractivity contribution is 5.87. The standard InChI is InChI=1S/C10H18O/c1-7(2)8(3)9(11)10(4,5)6/h8H,1H2,2-6H3. The van der Waals surface area contributed by atoms with Gasteiger partial charge in [0.15, 0.2) is 0 Å². The van der Waals surface area contributed by atoms with E-state index < -0.39 is 0 Å². The molecule has 1 heteroatoms. The van der Waals surface area contributed by atoms with Crippen molar-refractivity contribution in [3.63, 3.8) is 0 Å². The van der Waals surface area contributed by atoms with Crippen molar-refractivity contribution in [3.8, 4) is 0 Å². The Labute approximate surface area is 69.5 Å². The van der Waals surface area contributed by atoms with Crippen molar-refractivity contribution in [2.24, 2.45) is 11.3 Å². The van der Waals surface area contributed by atoms with Crippen LogP contribution in [-0.4, -0.2) is 5.78 Å². The van der Waals surface area contributed by atoms with Crippen LogP contribution in [0.15, 0.2) is 12.2 Å². The first-order chi connectivity index (χ1) is 4.76. The summed E-state index contributed by atoms with van der Waals surface area (Å²) in [5.41, 5.74) is 0.711. The molecule has 11 heavy (non-hydrogen) atoms. The minimum atomic E-state index is -0.238. The van der Waals surface area contributed by atoms with E-state index in [9.17, 15) is 4.79 Å². The number of hydrogen-bond donors (Lipinski definition) is 0. The fourth-order valence-corrected chi connectivity index (χ4v) is 0.873. The van der Waals surface area contributed by atoms with E-state index in [0.29, 0.717) is 0 Å². The molecule has 64 valence electrons. The maximum Gasteiger partial charge on any atom is 0.144 e. The molecule has 0 heterocycles. The summed E-state index contributed by atoms with van der Waals surface area (Å²) >= 11 is 0. The minimum absolute atomic E-state index is 0.00463. The molecule has 0 N–H and O–H groups in total. The first kappa shape index (κ1) is 10.4. The number of allylic oxidation sites excluding steroid dienone is 1. The maximum absolute atomic E-state index is 11.5. The quantitative estimate of drug-likeness (QED) is 0.559. The molecule has 0 rings (SSSR count). The van der Waals surface area contributed by atoms with Crippen molar-refractivity contribution < 1.29 is 4.79 Å². The molecule has 0 fully saturated rings. The monoisotopic (exact) mass is 154 g/mol. The van der Waals surface area contributed by atoms with Gasteiger partial charge >= 0.3 is 0 Å². The Morgan fingerprint density at radius 3 is 1.82 bits per heavy atom. The van der Waals surface area contributed by atoms with Gasteiger partial charge in [0.25, 0.3) is 0 Å². The molecular weight excluding hydrogens is 136 g/mol. The Kier molecular flexibility index (Phi) is 3.03. The molecule has 1 atom stereocenters. The molecule has 0 saturated carbocycles. The largest absolute Gasteiger partial charge is 0.298 e. The Hall–Kier alpha value is -0.590. The summed E-state index contributed by atoms with van der Waals surface area (Å²) in [5.74, 6) is 0.264. The molecule has 0 aromatic heterocycles. The average Bonchev–Trinajstić information content (AvgIpc) is 1.82. The smallest absolute Gasteiger partial charge is 0.144 e. The average molecular weight is 154 g/mol. The Bertz CT molecular complexity index is 172. The van der Waals surface area contributed by atoms with E-state index in [1.807, 2.05) is 34.6 Å². The molecule has 0 aromatic carbocycles. The number of Topliss-reactive ketones (excluding diaryl/α,β-unsaturated/α-hetero) is 1. The molecule has 1 nitrogen and oxygen atoms in total. The van der Waals surface area contributed by atoms with Gasteiger partial charge in [0.2, 0.25) is 0 Å². The number of carbonyl (C=O) groups is 1. The van der Waals surface area contributed by atoms with E-state index in [-0.39, 0.29) is 17.1 Å². The van der Waals surface area contributed by atoms with Gasteiger partial charge in [-0.25, -0.2) is 0 Å². The number of carbonyl (C=O) groups excluding carboxylic acids is 1. The highest BCUT2D eigenvalue weighted by atomic mass is 16.1. The predicted octanol–water partition coefficient (Wildman–Crippen LogP) is 2.81. The van der Waals surface area contributed by atoms with E-state index in [1.165, 1.54) is 0 Å². The van der Waals surface area contributed by atoms with Crippen LogP contribution < -0.4 is 0 Å². The minimum Gasteiger partial charge on any atom is -0.298 e. The lowest BCUT2D eigenvalue weighted by molar-refractivity contribution is -0.128. The number of rotatable bonds is 2. The fourth-order valence-electron chi connectivity index (χ4n) is 0.873. The van der Waals surface area contributed by atoms with Crippen LogP contribution in [0.3, 0.4) is 0 Å². The summed E-state index contributed by atoms with van der Waals surface area (Å²) in [5, 5.41) is 0. The van der Waals surface area contributed by atoms with Gasteiger partial charge in [-0.15, -0.1) is 0 Å². The van der Waals surface area contributed by atoms with Crippen molar-refractivity contribution in [2.75, 3.05) is 0 Å². The molecule has 0 radical (unpaired) electrons. The van der Waals surface area contributed by atoms with Crippen molar-refractivity contribution in [3.05, 3.63) is 12.2 Å². The van der Waals surface area contributed by atoms with Gasteiger partial charge in [-0.05, 0) is 6.92 Å². The lowest BCUT2D eigenvalue weighted by Gasteiger charge is -2.21. The van der Waals surface area contributed by atoms with Crippen LogP contribution in [0.25, 0.3) is 0 Å². The first-order valence-electron chi connectivity index (χ1n) is 3.96. The Balaban J connectivity index is 4.39. The molecule has 0 aromatic rings. The first-order valence-corrected chi connectivity index (χ1v) is 3.96. The van der Waals surface area contributed by atoms with Crippen molar-refractivity contribution >= 4 is 5.78 Å². The number of hydrogen-bond acceptors (Lipinski definition) is 1. The Morgan fingerprint density at radius 2 is 1.73 bits per heavy atom. The summed E-state index contributed by atoms with van der Waals surface area (Å²) in [6.45, 7) is 13.4. The summed E-state index contributed by atoms with van der Waals surface area (Å²) < 4.78 is 0. The molecule has 0 bridgehead atoms. The lowest BCUT2D eigenvalue weighted by atomic mass is 9.81. The Morgan fingerprint density at radius 1 is 1.36 bits per heavy atom. The van der Waals surface area contributed by atoms with Crippen molar-refractivity contribution in [1.82, 2.24) is 0 Å². The second-order valence-corrected chi connectivity index (χ2v) is 4.18. The molecule has 0 spiro atoms. The van der Waals surface area contributed by atoms with Gasteiger partial charge in [-0.1, -0.05) is 39.8 Å². The van der Waals surface area contributed by atoms with Crippen LogP contribution in [-0.2, 0) is 4.79 Å². The lowest BCUT2D eigenvalue weighted by Crippen LogP contribution is -2.26. The summed E-state index contributed by atoms with van der Waals surface area (Å²) in [6.07, 6.45) is 0. The highest BCUT2D eigenvalue weighted by Gasteiger charge is 2.26. The highest BCUT2D eigenvalue weighted by Crippen LogP contribution is 2.23. The van der Waals surface area contributed by atoms with E-state index in [1.54, 1.807) is 0 Å². The third-order valence-electron chi connectivity index (χ3n) is 1.87. The molecule has 0 aliphatic heterocycles. The fraction of sp³-hybridized carbons (Fsp3) is 0.700. The van der Waals surface area contributed by atoms with Gasteiger partial charge in [-0.3, -0.25) is 4.79 Å². The molecule has 1 unspecified atom stereocenters. The van der Waals surface area contributed by atoms with Gasteiger partial charge in [-0.2, -0.15) is 0 Å². The second-order valence-electron chi connectivity index (χ2n) is 4.18. The third kappa shape index (κ3) is 2.87. The SMILES string of the molecule is C=C(C)C(C)C(=O)C(C)(C)C. The zero-order valence-corrected chi connectivity index (χ0v) is 8.19. The van der Waals surface area contributed by atoms with E-state index in [2.05, 4.69) is 6.58 Å². The van der Waals surface area contributed by atoms with Gasteiger partial charge in [0.05, 0.1) is 0 Å². The van der Waals surface area contributed by atoms with Crippen molar-refractivity contribution in [1.29, 1.82) is 0 Å². The summed E-state index contributed by atoms with van der Waals surface area (Å²) in [6, 6.07) is 0. The molecule has 0 aliphatic rings. The van der Waals surface area contributed by atoms with Gasteiger partial charge in [0, 0.05) is 11.3 Å². The molecule has 0 saturated heterocycles. The zero-order valence-electron chi connectivity index (χ0n) is 8.19. The summed E-state index contributed by atoms with van der Waals surface area (Å²) in [4.78, 5) is 11.5. The van der Waals surface area contributed by atoms with Crippen LogP contribution in [0.5, 0.6) is 0 Å². The van der Waals surface area contributed by atoms with Gasteiger partial charge < -0.3 is 0 Å². The van der Waals surface area contributed by atoms with Gasteiger partial charge in [0.1, 0.15) is 5.78 Å². The maximum atomic E-state index is 11.5.